The van der Waals surface area contributed by atoms with E-state index in [4.69, 9.17) is 10.5 Å². The fourth-order valence-electron chi connectivity index (χ4n) is 2.69. The first-order valence-electron chi connectivity index (χ1n) is 9.32. The van der Waals surface area contributed by atoms with Gasteiger partial charge in [0.1, 0.15) is 5.75 Å². The highest BCUT2D eigenvalue weighted by molar-refractivity contribution is 8.00. The summed E-state index contributed by atoms with van der Waals surface area (Å²) in [5.74, 6) is -0.176. The number of rotatable bonds is 8. The Hall–Kier alpha value is -3.78. The summed E-state index contributed by atoms with van der Waals surface area (Å²) in [5, 5.41) is 5.61. The number of hydrogen-bond donors (Lipinski definition) is 3. The fraction of sp³-hybridized carbons (Fsp3) is 0.0870. The second-order valence-electron chi connectivity index (χ2n) is 6.49. The third-order valence-electron chi connectivity index (χ3n) is 4.25. The Balaban J connectivity index is 1.55. The minimum Gasteiger partial charge on any atom is -0.497 e. The van der Waals surface area contributed by atoms with Gasteiger partial charge in [0.05, 0.1) is 12.9 Å². The molecule has 0 saturated carbocycles. The summed E-state index contributed by atoms with van der Waals surface area (Å²) < 4.78 is 5.15. The van der Waals surface area contributed by atoms with E-state index in [0.717, 1.165) is 4.90 Å². The van der Waals surface area contributed by atoms with E-state index in [1.54, 1.807) is 67.8 Å². The molecule has 0 atom stereocenters. The van der Waals surface area contributed by atoms with Crippen LogP contribution in [0.25, 0.3) is 0 Å². The van der Waals surface area contributed by atoms with E-state index in [1.165, 1.54) is 11.8 Å². The molecule has 3 aromatic rings. The lowest BCUT2D eigenvalue weighted by molar-refractivity contribution is -0.113. The van der Waals surface area contributed by atoms with Crippen molar-refractivity contribution in [2.45, 2.75) is 4.90 Å². The molecular formula is C23H21N3O4S. The lowest BCUT2D eigenvalue weighted by Crippen LogP contribution is -2.15. The molecule has 0 saturated heterocycles. The smallest absolute Gasteiger partial charge is 0.255 e. The molecule has 0 unspecified atom stereocenters. The highest BCUT2D eigenvalue weighted by atomic mass is 32.2. The van der Waals surface area contributed by atoms with Crippen LogP contribution in [0.2, 0.25) is 0 Å². The molecule has 7 nitrogen and oxygen atoms in total. The second-order valence-corrected chi connectivity index (χ2v) is 7.54. The Bertz CT molecular complexity index is 1100. The average Bonchev–Trinajstić information content (AvgIpc) is 2.78. The molecule has 8 heteroatoms. The van der Waals surface area contributed by atoms with Gasteiger partial charge in [-0.25, -0.2) is 0 Å². The predicted molar refractivity (Wildman–Crippen MR) is 122 cm³/mol. The topological polar surface area (TPSA) is 111 Å². The zero-order chi connectivity index (χ0) is 22.2. The first-order valence-corrected chi connectivity index (χ1v) is 10.3. The van der Waals surface area contributed by atoms with Crippen LogP contribution in [0.4, 0.5) is 11.4 Å². The maximum atomic E-state index is 12.5. The van der Waals surface area contributed by atoms with Crippen LogP contribution in [0.5, 0.6) is 5.75 Å². The molecule has 0 fully saturated rings. The molecule has 31 heavy (non-hydrogen) atoms. The lowest BCUT2D eigenvalue weighted by atomic mass is 10.2. The number of methoxy groups -OCH3 is 1. The van der Waals surface area contributed by atoms with Gasteiger partial charge in [-0.05, 0) is 60.7 Å². The lowest BCUT2D eigenvalue weighted by Gasteiger charge is -2.09. The Kier molecular flexibility index (Phi) is 7.29. The molecule has 4 N–H and O–H groups in total. The van der Waals surface area contributed by atoms with E-state index in [1.807, 2.05) is 12.1 Å². The van der Waals surface area contributed by atoms with Gasteiger partial charge >= 0.3 is 0 Å². The number of anilines is 2. The number of amides is 3. The van der Waals surface area contributed by atoms with Crippen LogP contribution in [-0.4, -0.2) is 30.6 Å². The maximum Gasteiger partial charge on any atom is 0.255 e. The Labute approximate surface area is 184 Å². The number of thioether (sulfide) groups is 1. The monoisotopic (exact) mass is 435 g/mol. The van der Waals surface area contributed by atoms with Crippen LogP contribution in [0.1, 0.15) is 20.7 Å². The van der Waals surface area contributed by atoms with Gasteiger partial charge in [-0.3, -0.25) is 14.4 Å². The molecule has 158 valence electrons. The van der Waals surface area contributed by atoms with Crippen molar-refractivity contribution < 1.29 is 19.1 Å². The van der Waals surface area contributed by atoms with Crippen LogP contribution < -0.4 is 21.1 Å². The summed E-state index contributed by atoms with van der Waals surface area (Å²) >= 11 is 1.34. The normalized spacial score (nSPS) is 10.2. The predicted octanol–water partition coefficient (Wildman–Crippen LogP) is 3.78. The van der Waals surface area contributed by atoms with Crippen LogP contribution >= 0.6 is 11.8 Å². The van der Waals surface area contributed by atoms with Crippen molar-refractivity contribution in [3.63, 3.8) is 0 Å². The standard InChI is InChI=1S/C23H21N3O4S/c1-30-19-6-2-4-16(12-19)23(29)26-18-5-3-7-20(13-18)31-14-21(27)25-17-10-8-15(9-11-17)22(24)28/h2-13H,14H2,1H3,(H2,24,28)(H,25,27)(H,26,29). The number of hydrogen-bond acceptors (Lipinski definition) is 5. The number of carbonyl (C=O) groups is 3. The van der Waals surface area contributed by atoms with Gasteiger partial charge in [0.15, 0.2) is 0 Å². The van der Waals surface area contributed by atoms with E-state index in [-0.39, 0.29) is 17.6 Å². The summed E-state index contributed by atoms with van der Waals surface area (Å²) in [6.07, 6.45) is 0. The van der Waals surface area contributed by atoms with Gasteiger partial charge < -0.3 is 21.1 Å². The molecule has 0 aromatic heterocycles. The Morgan fingerprint density at radius 3 is 2.32 bits per heavy atom. The molecule has 3 aromatic carbocycles. The van der Waals surface area contributed by atoms with Crippen molar-refractivity contribution in [3.05, 3.63) is 83.9 Å². The van der Waals surface area contributed by atoms with E-state index in [9.17, 15) is 14.4 Å². The van der Waals surface area contributed by atoms with Gasteiger partial charge in [-0.15, -0.1) is 11.8 Å². The number of nitrogens with two attached hydrogens (primary N) is 1. The minimum atomic E-state index is -0.521. The molecule has 0 aliphatic carbocycles. The van der Waals surface area contributed by atoms with Crippen LogP contribution in [0, 0.1) is 0 Å². The largest absolute Gasteiger partial charge is 0.497 e. The number of nitrogens with one attached hydrogen (secondary N) is 2. The van der Waals surface area contributed by atoms with E-state index in [2.05, 4.69) is 10.6 Å². The molecule has 3 amide bonds. The van der Waals surface area contributed by atoms with Gasteiger partial charge in [-0.1, -0.05) is 12.1 Å². The Morgan fingerprint density at radius 2 is 1.61 bits per heavy atom. The zero-order valence-electron chi connectivity index (χ0n) is 16.8. The summed E-state index contributed by atoms with van der Waals surface area (Å²) in [4.78, 5) is 36.6. The summed E-state index contributed by atoms with van der Waals surface area (Å²) in [6.45, 7) is 0. The third-order valence-corrected chi connectivity index (χ3v) is 5.24. The molecule has 0 aliphatic heterocycles. The van der Waals surface area contributed by atoms with Crippen molar-refractivity contribution in [3.8, 4) is 5.75 Å². The van der Waals surface area contributed by atoms with Gasteiger partial charge in [-0.2, -0.15) is 0 Å². The molecule has 0 heterocycles. The average molecular weight is 436 g/mol. The number of carbonyl (C=O) groups excluding carboxylic acids is 3. The first-order chi connectivity index (χ1) is 14.9. The minimum absolute atomic E-state index is 0.185. The van der Waals surface area contributed by atoms with Crippen molar-refractivity contribution in [2.75, 3.05) is 23.5 Å². The van der Waals surface area contributed by atoms with Crippen LogP contribution in [0.3, 0.4) is 0 Å². The molecule has 0 spiro atoms. The van der Waals surface area contributed by atoms with Crippen molar-refractivity contribution in [1.82, 2.24) is 0 Å². The molecule has 0 bridgehead atoms. The van der Waals surface area contributed by atoms with Crippen molar-refractivity contribution in [1.29, 1.82) is 0 Å². The highest BCUT2D eigenvalue weighted by Crippen LogP contribution is 2.23. The molecular weight excluding hydrogens is 414 g/mol. The van der Waals surface area contributed by atoms with Crippen molar-refractivity contribution >= 4 is 40.9 Å². The number of primary amides is 1. The number of benzene rings is 3. The maximum absolute atomic E-state index is 12.5. The van der Waals surface area contributed by atoms with E-state index >= 15 is 0 Å². The van der Waals surface area contributed by atoms with Gasteiger partial charge in [0.25, 0.3) is 5.91 Å². The van der Waals surface area contributed by atoms with Gasteiger partial charge in [0, 0.05) is 27.4 Å². The Morgan fingerprint density at radius 1 is 0.871 bits per heavy atom. The molecule has 3 rings (SSSR count). The zero-order valence-corrected chi connectivity index (χ0v) is 17.6. The highest BCUT2D eigenvalue weighted by Gasteiger charge is 2.09. The van der Waals surface area contributed by atoms with Crippen molar-refractivity contribution in [2.24, 2.45) is 5.73 Å². The molecule has 0 radical (unpaired) electrons. The summed E-state index contributed by atoms with van der Waals surface area (Å²) in [7, 11) is 1.55. The summed E-state index contributed by atoms with van der Waals surface area (Å²) in [6, 6.07) is 20.5. The van der Waals surface area contributed by atoms with Gasteiger partial charge in [0.2, 0.25) is 11.8 Å². The number of ether oxygens (including phenoxy) is 1. The van der Waals surface area contributed by atoms with E-state index in [0.29, 0.717) is 28.3 Å². The van der Waals surface area contributed by atoms with Crippen LogP contribution in [-0.2, 0) is 4.79 Å². The fourth-order valence-corrected chi connectivity index (χ4v) is 3.45. The van der Waals surface area contributed by atoms with Crippen LogP contribution in [0.15, 0.2) is 77.7 Å². The third kappa shape index (κ3) is 6.35. The quantitative estimate of drug-likeness (QED) is 0.467. The SMILES string of the molecule is COc1cccc(C(=O)Nc2cccc(SCC(=O)Nc3ccc(C(N)=O)cc3)c2)c1. The van der Waals surface area contributed by atoms with E-state index < -0.39 is 5.91 Å². The first kappa shape index (κ1) is 21.9. The second kappa shape index (κ2) is 10.3. The summed E-state index contributed by atoms with van der Waals surface area (Å²) in [5.41, 5.74) is 7.27. The molecule has 0 aliphatic rings.